The number of hydrogen-bond acceptors (Lipinski definition) is 3. The summed E-state index contributed by atoms with van der Waals surface area (Å²) in [5.41, 5.74) is 2.21. The molecule has 1 aliphatic heterocycles. The molecule has 134 valence electrons. The fraction of sp³-hybridized carbons (Fsp3) is 0.632. The van der Waals surface area contributed by atoms with Crippen LogP contribution >= 0.6 is 0 Å². The number of piperidine rings is 1. The van der Waals surface area contributed by atoms with Crippen molar-refractivity contribution in [2.45, 2.75) is 52.4 Å². The lowest BCUT2D eigenvalue weighted by Crippen LogP contribution is -2.47. The maximum atomic E-state index is 12.4. The van der Waals surface area contributed by atoms with Gasteiger partial charge < -0.3 is 20.1 Å². The third kappa shape index (κ3) is 5.49. The molecule has 2 rings (SSSR count). The van der Waals surface area contributed by atoms with Gasteiger partial charge in [0, 0.05) is 32.2 Å². The van der Waals surface area contributed by atoms with E-state index in [0.717, 1.165) is 43.5 Å². The molecular formula is C19H30N2O3. The standard InChI is InChI=1S/C19H30N2O3/c1-3-11-24-14-18-8-5-4-7-16(18)12-20-19(23)21-10-6-9-17(13-21)15(2)22/h4-5,7-8,15,17,22H,3,6,9-14H2,1-2H3,(H,20,23). The second-order valence-corrected chi connectivity index (χ2v) is 6.57. The molecule has 0 bridgehead atoms. The summed E-state index contributed by atoms with van der Waals surface area (Å²) < 4.78 is 5.62. The molecule has 0 saturated carbocycles. The monoisotopic (exact) mass is 334 g/mol. The Bertz CT molecular complexity index is 519. The van der Waals surface area contributed by atoms with Crippen LogP contribution in [0.4, 0.5) is 4.79 Å². The summed E-state index contributed by atoms with van der Waals surface area (Å²) in [6.45, 7) is 7.11. The first-order chi connectivity index (χ1) is 11.6. The SMILES string of the molecule is CCCOCc1ccccc1CNC(=O)N1CCCC(C(C)O)C1. The van der Waals surface area contributed by atoms with Crippen molar-refractivity contribution < 1.29 is 14.6 Å². The molecule has 24 heavy (non-hydrogen) atoms. The van der Waals surface area contributed by atoms with Gasteiger partial charge >= 0.3 is 6.03 Å². The number of aliphatic hydroxyl groups excluding tert-OH is 1. The predicted molar refractivity (Wildman–Crippen MR) is 94.6 cm³/mol. The predicted octanol–water partition coefficient (Wildman–Crippen LogP) is 2.92. The molecule has 2 unspecified atom stereocenters. The maximum absolute atomic E-state index is 12.4. The molecule has 2 N–H and O–H groups in total. The Morgan fingerprint density at radius 1 is 1.42 bits per heavy atom. The third-order valence-electron chi connectivity index (χ3n) is 4.58. The first-order valence-electron chi connectivity index (χ1n) is 8.97. The van der Waals surface area contributed by atoms with Crippen LogP contribution in [0.1, 0.15) is 44.2 Å². The first kappa shape index (κ1) is 18.7. The van der Waals surface area contributed by atoms with Crippen LogP contribution in [0.3, 0.4) is 0 Å². The molecule has 1 heterocycles. The van der Waals surface area contributed by atoms with Crippen molar-refractivity contribution in [3.8, 4) is 0 Å². The van der Waals surface area contributed by atoms with Gasteiger partial charge in [0.2, 0.25) is 0 Å². The fourth-order valence-corrected chi connectivity index (χ4v) is 3.07. The minimum Gasteiger partial charge on any atom is -0.393 e. The van der Waals surface area contributed by atoms with E-state index in [9.17, 15) is 9.90 Å². The molecule has 0 spiro atoms. The maximum Gasteiger partial charge on any atom is 0.317 e. The number of nitrogens with zero attached hydrogens (tertiary/aromatic N) is 1. The van der Waals surface area contributed by atoms with Crippen molar-refractivity contribution >= 4 is 6.03 Å². The molecule has 1 aromatic rings. The quantitative estimate of drug-likeness (QED) is 0.754. The van der Waals surface area contributed by atoms with Crippen LogP contribution in [-0.2, 0) is 17.9 Å². The molecule has 1 fully saturated rings. The van der Waals surface area contributed by atoms with Crippen LogP contribution in [0.5, 0.6) is 0 Å². The molecular weight excluding hydrogens is 304 g/mol. The van der Waals surface area contributed by atoms with Gasteiger partial charge in [0.05, 0.1) is 12.7 Å². The van der Waals surface area contributed by atoms with Crippen molar-refractivity contribution in [3.05, 3.63) is 35.4 Å². The lowest BCUT2D eigenvalue weighted by atomic mass is 9.94. The molecule has 5 nitrogen and oxygen atoms in total. The number of amides is 2. The number of ether oxygens (including phenoxy) is 1. The first-order valence-corrected chi connectivity index (χ1v) is 8.97. The van der Waals surface area contributed by atoms with Crippen LogP contribution < -0.4 is 5.32 Å². The lowest BCUT2D eigenvalue weighted by molar-refractivity contribution is 0.0738. The normalized spacial score (nSPS) is 19.1. The zero-order valence-corrected chi connectivity index (χ0v) is 14.8. The highest BCUT2D eigenvalue weighted by molar-refractivity contribution is 5.74. The van der Waals surface area contributed by atoms with Gasteiger partial charge in [0.1, 0.15) is 0 Å². The summed E-state index contributed by atoms with van der Waals surface area (Å²) in [6, 6.07) is 7.99. The van der Waals surface area contributed by atoms with E-state index in [-0.39, 0.29) is 18.1 Å². The van der Waals surface area contributed by atoms with E-state index in [4.69, 9.17) is 4.74 Å². The highest BCUT2D eigenvalue weighted by atomic mass is 16.5. The van der Waals surface area contributed by atoms with Crippen LogP contribution in [-0.4, -0.2) is 41.8 Å². The summed E-state index contributed by atoms with van der Waals surface area (Å²) in [7, 11) is 0. The molecule has 2 amide bonds. The van der Waals surface area contributed by atoms with Crippen molar-refractivity contribution in [1.82, 2.24) is 10.2 Å². The summed E-state index contributed by atoms with van der Waals surface area (Å²) in [5.74, 6) is 0.180. The molecule has 5 heteroatoms. The van der Waals surface area contributed by atoms with Crippen LogP contribution in [0.2, 0.25) is 0 Å². The van der Waals surface area contributed by atoms with Crippen molar-refractivity contribution in [3.63, 3.8) is 0 Å². The third-order valence-corrected chi connectivity index (χ3v) is 4.58. The van der Waals surface area contributed by atoms with E-state index in [1.54, 1.807) is 6.92 Å². The number of carbonyl (C=O) groups is 1. The minimum atomic E-state index is -0.364. The van der Waals surface area contributed by atoms with Crippen LogP contribution in [0, 0.1) is 5.92 Å². The number of urea groups is 1. The number of likely N-dealkylation sites (tertiary alicyclic amines) is 1. The van der Waals surface area contributed by atoms with Gasteiger partial charge in [-0.2, -0.15) is 0 Å². The molecule has 1 saturated heterocycles. The highest BCUT2D eigenvalue weighted by Crippen LogP contribution is 2.19. The zero-order chi connectivity index (χ0) is 17.4. The van der Waals surface area contributed by atoms with E-state index < -0.39 is 0 Å². The average Bonchev–Trinajstić information content (AvgIpc) is 2.61. The Hall–Kier alpha value is -1.59. The number of benzene rings is 1. The second kappa shape index (κ2) is 9.64. The van der Waals surface area contributed by atoms with Crippen LogP contribution in [0.15, 0.2) is 24.3 Å². The number of carbonyl (C=O) groups excluding carboxylic acids is 1. The molecule has 2 atom stereocenters. The van der Waals surface area contributed by atoms with Gasteiger partial charge in [-0.25, -0.2) is 4.79 Å². The summed E-state index contributed by atoms with van der Waals surface area (Å²) in [4.78, 5) is 14.2. The van der Waals surface area contributed by atoms with E-state index in [2.05, 4.69) is 12.2 Å². The molecule has 0 radical (unpaired) electrons. The Morgan fingerprint density at radius 2 is 2.17 bits per heavy atom. The van der Waals surface area contributed by atoms with E-state index in [1.165, 1.54) is 0 Å². The van der Waals surface area contributed by atoms with Gasteiger partial charge in [-0.15, -0.1) is 0 Å². The molecule has 0 aliphatic carbocycles. The van der Waals surface area contributed by atoms with Crippen molar-refractivity contribution in [2.24, 2.45) is 5.92 Å². The second-order valence-electron chi connectivity index (χ2n) is 6.57. The number of rotatable bonds is 7. The molecule has 0 aromatic heterocycles. The topological polar surface area (TPSA) is 61.8 Å². The van der Waals surface area contributed by atoms with Crippen molar-refractivity contribution in [2.75, 3.05) is 19.7 Å². The van der Waals surface area contributed by atoms with Gasteiger partial charge in [-0.1, -0.05) is 31.2 Å². The smallest absolute Gasteiger partial charge is 0.317 e. The van der Waals surface area contributed by atoms with Crippen molar-refractivity contribution in [1.29, 1.82) is 0 Å². The Labute approximate surface area is 145 Å². The molecule has 1 aromatic carbocycles. The largest absolute Gasteiger partial charge is 0.393 e. The minimum absolute atomic E-state index is 0.0513. The van der Waals surface area contributed by atoms with Gasteiger partial charge in [-0.3, -0.25) is 0 Å². The van der Waals surface area contributed by atoms with Gasteiger partial charge in [0.15, 0.2) is 0 Å². The Morgan fingerprint density at radius 3 is 2.88 bits per heavy atom. The lowest BCUT2D eigenvalue weighted by Gasteiger charge is -2.34. The fourth-order valence-electron chi connectivity index (χ4n) is 3.07. The highest BCUT2D eigenvalue weighted by Gasteiger charge is 2.26. The summed E-state index contributed by atoms with van der Waals surface area (Å²) >= 11 is 0. The summed E-state index contributed by atoms with van der Waals surface area (Å²) in [6.07, 6.45) is 2.57. The van der Waals surface area contributed by atoms with Crippen LogP contribution in [0.25, 0.3) is 0 Å². The van der Waals surface area contributed by atoms with E-state index in [0.29, 0.717) is 19.7 Å². The summed E-state index contributed by atoms with van der Waals surface area (Å²) in [5, 5.41) is 12.8. The van der Waals surface area contributed by atoms with E-state index >= 15 is 0 Å². The number of nitrogens with one attached hydrogen (secondary N) is 1. The molecule has 1 aliphatic rings. The van der Waals surface area contributed by atoms with Gasteiger partial charge in [-0.05, 0) is 37.3 Å². The Balaban J connectivity index is 1.87. The zero-order valence-electron chi connectivity index (χ0n) is 14.8. The number of aliphatic hydroxyl groups is 1. The number of hydrogen-bond donors (Lipinski definition) is 2. The Kier molecular flexibility index (Phi) is 7.53. The average molecular weight is 334 g/mol. The van der Waals surface area contributed by atoms with Gasteiger partial charge in [0.25, 0.3) is 0 Å². The van der Waals surface area contributed by atoms with E-state index in [1.807, 2.05) is 29.2 Å².